The predicted molar refractivity (Wildman–Crippen MR) is 99.6 cm³/mol. The standard InChI is InChI=1S/C19H18FNO2S2/c20-15-8-6-14(7-9-15)19(22-11-12-23-19)10-3-13-24-18-21-16-4-1-2-5-17(16)25-18/h1-2,4-9H,3,10-13H2. The Bertz CT molecular complexity index is 811. The zero-order valence-electron chi connectivity index (χ0n) is 13.6. The molecule has 6 heteroatoms. The van der Waals surface area contributed by atoms with E-state index in [9.17, 15) is 4.39 Å². The van der Waals surface area contributed by atoms with E-state index in [1.807, 2.05) is 18.2 Å². The van der Waals surface area contributed by atoms with Crippen molar-refractivity contribution in [2.24, 2.45) is 0 Å². The average molecular weight is 375 g/mol. The van der Waals surface area contributed by atoms with E-state index in [0.717, 1.165) is 34.0 Å². The first kappa shape index (κ1) is 17.0. The highest BCUT2D eigenvalue weighted by atomic mass is 32.2. The lowest BCUT2D eigenvalue weighted by atomic mass is 10.0. The van der Waals surface area contributed by atoms with Crippen molar-refractivity contribution in [3.8, 4) is 0 Å². The fourth-order valence-electron chi connectivity index (χ4n) is 2.99. The Labute approximate surface area is 154 Å². The second-order valence-corrected chi connectivity index (χ2v) is 8.23. The molecule has 0 N–H and O–H groups in total. The summed E-state index contributed by atoms with van der Waals surface area (Å²) in [5, 5.41) is 0. The van der Waals surface area contributed by atoms with Gasteiger partial charge in [0.2, 0.25) is 0 Å². The maximum Gasteiger partial charge on any atom is 0.195 e. The first-order valence-corrected chi connectivity index (χ1v) is 10.1. The molecule has 2 heterocycles. The highest BCUT2D eigenvalue weighted by Gasteiger charge is 2.37. The molecule has 3 nitrogen and oxygen atoms in total. The summed E-state index contributed by atoms with van der Waals surface area (Å²) < 4.78 is 27.3. The summed E-state index contributed by atoms with van der Waals surface area (Å²) in [5.74, 6) is -0.0413. The van der Waals surface area contributed by atoms with Gasteiger partial charge < -0.3 is 9.47 Å². The van der Waals surface area contributed by atoms with Gasteiger partial charge in [0.05, 0.1) is 23.4 Å². The number of fused-ring (bicyclic) bond motifs is 1. The molecule has 0 saturated carbocycles. The van der Waals surface area contributed by atoms with Crippen LogP contribution in [-0.2, 0) is 15.3 Å². The van der Waals surface area contributed by atoms with E-state index >= 15 is 0 Å². The normalized spacial score (nSPS) is 16.5. The van der Waals surface area contributed by atoms with Crippen LogP contribution in [0.5, 0.6) is 0 Å². The molecule has 4 rings (SSSR count). The van der Waals surface area contributed by atoms with Crippen molar-refractivity contribution in [1.82, 2.24) is 4.98 Å². The Morgan fingerprint density at radius 3 is 2.60 bits per heavy atom. The number of ether oxygens (including phenoxy) is 2. The van der Waals surface area contributed by atoms with Gasteiger partial charge in [-0.1, -0.05) is 36.0 Å². The second-order valence-electron chi connectivity index (χ2n) is 5.86. The lowest BCUT2D eigenvalue weighted by Gasteiger charge is -2.27. The van der Waals surface area contributed by atoms with E-state index in [0.29, 0.717) is 13.2 Å². The second kappa shape index (κ2) is 7.41. The third-order valence-electron chi connectivity index (χ3n) is 4.19. The fraction of sp³-hybridized carbons (Fsp3) is 0.316. The molecule has 1 aliphatic heterocycles. The fourth-order valence-corrected chi connectivity index (χ4v) is 5.07. The maximum atomic E-state index is 13.2. The molecule has 0 atom stereocenters. The summed E-state index contributed by atoms with van der Waals surface area (Å²) in [5.41, 5.74) is 1.94. The minimum Gasteiger partial charge on any atom is -0.343 e. The van der Waals surface area contributed by atoms with Gasteiger partial charge in [-0.3, -0.25) is 0 Å². The van der Waals surface area contributed by atoms with Gasteiger partial charge in [0.25, 0.3) is 0 Å². The van der Waals surface area contributed by atoms with Crippen molar-refractivity contribution in [3.63, 3.8) is 0 Å². The van der Waals surface area contributed by atoms with E-state index in [2.05, 4.69) is 11.1 Å². The lowest BCUT2D eigenvalue weighted by Crippen LogP contribution is -2.27. The summed E-state index contributed by atoms with van der Waals surface area (Å²) in [7, 11) is 0. The number of thioether (sulfide) groups is 1. The number of hydrogen-bond acceptors (Lipinski definition) is 5. The summed E-state index contributed by atoms with van der Waals surface area (Å²) >= 11 is 3.49. The van der Waals surface area contributed by atoms with Crippen molar-refractivity contribution in [2.75, 3.05) is 19.0 Å². The molecule has 3 aromatic rings. The quantitative estimate of drug-likeness (QED) is 0.437. The van der Waals surface area contributed by atoms with E-state index in [1.165, 1.54) is 16.8 Å². The monoisotopic (exact) mass is 375 g/mol. The number of rotatable bonds is 6. The molecule has 0 bridgehead atoms. The van der Waals surface area contributed by atoms with Crippen LogP contribution in [0.3, 0.4) is 0 Å². The third-order valence-corrected chi connectivity index (χ3v) is 6.45. The van der Waals surface area contributed by atoms with Gasteiger partial charge in [-0.25, -0.2) is 9.37 Å². The van der Waals surface area contributed by atoms with Crippen LogP contribution in [-0.4, -0.2) is 24.0 Å². The first-order chi connectivity index (χ1) is 12.3. The molecular formula is C19H18FNO2S2. The molecular weight excluding hydrogens is 357 g/mol. The number of aromatic nitrogens is 1. The van der Waals surface area contributed by atoms with E-state index in [-0.39, 0.29) is 5.82 Å². The van der Waals surface area contributed by atoms with Gasteiger partial charge in [0, 0.05) is 17.7 Å². The zero-order valence-corrected chi connectivity index (χ0v) is 15.2. The third kappa shape index (κ3) is 3.72. The summed E-state index contributed by atoms with van der Waals surface area (Å²) in [6.45, 7) is 1.14. The van der Waals surface area contributed by atoms with Crippen LogP contribution in [0.15, 0.2) is 52.9 Å². The van der Waals surface area contributed by atoms with Gasteiger partial charge >= 0.3 is 0 Å². The van der Waals surface area contributed by atoms with Crippen molar-refractivity contribution < 1.29 is 13.9 Å². The Balaban J connectivity index is 1.38. The molecule has 1 fully saturated rings. The minimum absolute atomic E-state index is 0.247. The van der Waals surface area contributed by atoms with Gasteiger partial charge in [0.15, 0.2) is 10.1 Å². The number of nitrogens with zero attached hydrogens (tertiary/aromatic N) is 1. The van der Waals surface area contributed by atoms with E-state index in [1.54, 1.807) is 35.2 Å². The SMILES string of the molecule is Fc1ccc(C2(CCCSc3nc4ccccc4s3)OCCO2)cc1. The van der Waals surface area contributed by atoms with Gasteiger partial charge in [-0.15, -0.1) is 11.3 Å². The van der Waals surface area contributed by atoms with Crippen LogP contribution < -0.4 is 0 Å². The van der Waals surface area contributed by atoms with Crippen LogP contribution >= 0.6 is 23.1 Å². The molecule has 25 heavy (non-hydrogen) atoms. The Kier molecular flexibility index (Phi) is 5.03. The van der Waals surface area contributed by atoms with Crippen LogP contribution in [0.1, 0.15) is 18.4 Å². The molecule has 0 radical (unpaired) electrons. The molecule has 1 saturated heterocycles. The van der Waals surface area contributed by atoms with Gasteiger partial charge in [-0.2, -0.15) is 0 Å². The zero-order chi connectivity index (χ0) is 17.1. The Hall–Kier alpha value is -1.47. The first-order valence-electron chi connectivity index (χ1n) is 8.28. The van der Waals surface area contributed by atoms with Crippen LogP contribution in [0.2, 0.25) is 0 Å². The van der Waals surface area contributed by atoms with Crippen molar-refractivity contribution in [2.45, 2.75) is 23.0 Å². The number of thiazole rings is 1. The molecule has 1 aromatic heterocycles. The predicted octanol–water partition coefficient (Wildman–Crippen LogP) is 5.21. The van der Waals surface area contributed by atoms with Crippen molar-refractivity contribution in [1.29, 1.82) is 0 Å². The minimum atomic E-state index is -0.734. The highest BCUT2D eigenvalue weighted by molar-refractivity contribution is 8.01. The molecule has 0 unspecified atom stereocenters. The lowest BCUT2D eigenvalue weighted by molar-refractivity contribution is -0.170. The van der Waals surface area contributed by atoms with Gasteiger partial charge in [0.1, 0.15) is 5.82 Å². The topological polar surface area (TPSA) is 31.4 Å². The maximum absolute atomic E-state index is 13.2. The van der Waals surface area contributed by atoms with Crippen LogP contribution in [0.4, 0.5) is 4.39 Å². The van der Waals surface area contributed by atoms with Crippen molar-refractivity contribution in [3.05, 3.63) is 59.9 Å². The van der Waals surface area contributed by atoms with Crippen LogP contribution in [0.25, 0.3) is 10.2 Å². The number of para-hydroxylation sites is 1. The molecule has 2 aromatic carbocycles. The van der Waals surface area contributed by atoms with E-state index in [4.69, 9.17) is 9.47 Å². The molecule has 130 valence electrons. The largest absolute Gasteiger partial charge is 0.343 e. The Morgan fingerprint density at radius 1 is 1.08 bits per heavy atom. The Morgan fingerprint density at radius 2 is 1.84 bits per heavy atom. The number of benzene rings is 2. The smallest absolute Gasteiger partial charge is 0.195 e. The van der Waals surface area contributed by atoms with Crippen LogP contribution in [0, 0.1) is 5.82 Å². The molecule has 0 spiro atoms. The average Bonchev–Trinajstić information content (AvgIpc) is 3.26. The highest BCUT2D eigenvalue weighted by Crippen LogP contribution is 2.37. The molecule has 0 amide bonds. The van der Waals surface area contributed by atoms with Crippen molar-refractivity contribution >= 4 is 33.3 Å². The summed E-state index contributed by atoms with van der Waals surface area (Å²) in [6.07, 6.45) is 1.68. The van der Waals surface area contributed by atoms with Gasteiger partial charge in [-0.05, 0) is 30.7 Å². The van der Waals surface area contributed by atoms with E-state index < -0.39 is 5.79 Å². The number of hydrogen-bond donors (Lipinski definition) is 0. The molecule has 1 aliphatic rings. The summed E-state index contributed by atoms with van der Waals surface area (Å²) in [6, 6.07) is 14.6. The number of halogens is 1. The molecule has 0 aliphatic carbocycles. The summed E-state index contributed by atoms with van der Waals surface area (Å²) in [4.78, 5) is 4.64.